The number of fused-ring (bicyclic) bond motifs is 1. The molecule has 0 bridgehead atoms. The third-order valence-corrected chi connectivity index (χ3v) is 5.52. The summed E-state index contributed by atoms with van der Waals surface area (Å²) in [7, 11) is 0. The van der Waals surface area contributed by atoms with Crippen LogP contribution in [0.15, 0.2) is 45.3 Å². The molecule has 0 fully saturated rings. The summed E-state index contributed by atoms with van der Waals surface area (Å²) >= 11 is 6.38. The maximum atomic E-state index is 10.8. The molecular formula is C14H11BrN2O2S2. The van der Waals surface area contributed by atoms with Crippen LogP contribution in [0.4, 0.5) is 0 Å². The zero-order valence-electron chi connectivity index (χ0n) is 10.8. The van der Waals surface area contributed by atoms with Crippen molar-refractivity contribution in [3.63, 3.8) is 0 Å². The Bertz CT molecular complexity index is 797. The van der Waals surface area contributed by atoms with Crippen molar-refractivity contribution in [2.75, 3.05) is 5.75 Å². The highest BCUT2D eigenvalue weighted by Crippen LogP contribution is 2.27. The number of carboxylic acids is 1. The van der Waals surface area contributed by atoms with E-state index in [1.54, 1.807) is 11.3 Å². The predicted molar refractivity (Wildman–Crippen MR) is 89.2 cm³/mol. The number of halogens is 1. The molecule has 0 saturated heterocycles. The summed E-state index contributed by atoms with van der Waals surface area (Å²) < 4.78 is 3.13. The van der Waals surface area contributed by atoms with Gasteiger partial charge in [0, 0.05) is 14.7 Å². The van der Waals surface area contributed by atoms with E-state index in [2.05, 4.69) is 31.5 Å². The van der Waals surface area contributed by atoms with Gasteiger partial charge >= 0.3 is 5.97 Å². The van der Waals surface area contributed by atoms with Crippen LogP contribution in [-0.2, 0) is 11.3 Å². The van der Waals surface area contributed by atoms with Crippen molar-refractivity contribution in [3.8, 4) is 0 Å². The van der Waals surface area contributed by atoms with Crippen molar-refractivity contribution in [1.29, 1.82) is 0 Å². The molecular weight excluding hydrogens is 372 g/mol. The number of carbonyl (C=O) groups is 1. The fourth-order valence-electron chi connectivity index (χ4n) is 2.04. The first kappa shape index (κ1) is 14.6. The highest BCUT2D eigenvalue weighted by molar-refractivity contribution is 9.10. The second-order valence-corrected chi connectivity index (χ2v) is 7.24. The van der Waals surface area contributed by atoms with Crippen LogP contribution in [0.1, 0.15) is 4.88 Å². The summed E-state index contributed by atoms with van der Waals surface area (Å²) in [6.45, 7) is 0.693. The molecule has 0 aliphatic heterocycles. The Morgan fingerprint density at radius 3 is 2.95 bits per heavy atom. The van der Waals surface area contributed by atoms with E-state index in [-0.39, 0.29) is 5.75 Å². The zero-order valence-corrected chi connectivity index (χ0v) is 14.0. The summed E-state index contributed by atoms with van der Waals surface area (Å²) in [5.41, 5.74) is 1.91. The average molecular weight is 383 g/mol. The van der Waals surface area contributed by atoms with Gasteiger partial charge in [-0.2, -0.15) is 0 Å². The van der Waals surface area contributed by atoms with Crippen molar-refractivity contribution < 1.29 is 9.90 Å². The van der Waals surface area contributed by atoms with Gasteiger partial charge in [0.05, 0.1) is 23.3 Å². The van der Waals surface area contributed by atoms with Gasteiger partial charge in [-0.05, 0) is 34.1 Å². The topological polar surface area (TPSA) is 55.1 Å². The summed E-state index contributed by atoms with van der Waals surface area (Å²) in [4.78, 5) is 16.5. The minimum atomic E-state index is -0.836. The van der Waals surface area contributed by atoms with Crippen molar-refractivity contribution in [2.24, 2.45) is 0 Å². The van der Waals surface area contributed by atoms with Crippen LogP contribution >= 0.6 is 39.0 Å². The first-order chi connectivity index (χ1) is 10.1. The SMILES string of the molecule is O=C(O)CSc1nc2ccccc2n1Cc1cc(Br)cs1. The van der Waals surface area contributed by atoms with Crippen molar-refractivity contribution in [1.82, 2.24) is 9.55 Å². The normalized spacial score (nSPS) is 11.1. The Morgan fingerprint density at radius 1 is 1.43 bits per heavy atom. The lowest BCUT2D eigenvalue weighted by Gasteiger charge is -2.06. The Kier molecular flexibility index (Phi) is 4.32. The van der Waals surface area contributed by atoms with Crippen LogP contribution in [-0.4, -0.2) is 26.4 Å². The number of hydrogen-bond acceptors (Lipinski definition) is 4. The molecule has 0 radical (unpaired) electrons. The number of aliphatic carboxylic acids is 1. The number of thioether (sulfide) groups is 1. The Morgan fingerprint density at radius 2 is 2.24 bits per heavy atom. The van der Waals surface area contributed by atoms with Gasteiger partial charge in [0.1, 0.15) is 0 Å². The molecule has 7 heteroatoms. The number of thiophene rings is 1. The molecule has 108 valence electrons. The number of nitrogens with zero attached hydrogens (tertiary/aromatic N) is 2. The summed E-state index contributed by atoms with van der Waals surface area (Å²) in [5, 5.41) is 11.7. The molecule has 0 amide bonds. The van der Waals surface area contributed by atoms with Gasteiger partial charge in [0.2, 0.25) is 0 Å². The van der Waals surface area contributed by atoms with Crippen molar-refractivity contribution in [2.45, 2.75) is 11.7 Å². The van der Waals surface area contributed by atoms with Crippen LogP contribution in [0.25, 0.3) is 11.0 Å². The molecule has 4 nitrogen and oxygen atoms in total. The molecule has 0 unspecified atom stereocenters. The highest BCUT2D eigenvalue weighted by atomic mass is 79.9. The zero-order chi connectivity index (χ0) is 14.8. The number of hydrogen-bond donors (Lipinski definition) is 1. The maximum absolute atomic E-state index is 10.8. The Balaban J connectivity index is 2.00. The maximum Gasteiger partial charge on any atom is 0.313 e. The van der Waals surface area contributed by atoms with E-state index < -0.39 is 5.97 Å². The van der Waals surface area contributed by atoms with Crippen LogP contribution in [0.3, 0.4) is 0 Å². The molecule has 0 aliphatic rings. The highest BCUT2D eigenvalue weighted by Gasteiger charge is 2.13. The molecule has 0 atom stereocenters. The van der Waals surface area contributed by atoms with Gasteiger partial charge in [-0.15, -0.1) is 11.3 Å². The Hall–Kier alpha value is -1.31. The lowest BCUT2D eigenvalue weighted by Crippen LogP contribution is -2.03. The largest absolute Gasteiger partial charge is 0.481 e. The van der Waals surface area contributed by atoms with E-state index in [9.17, 15) is 4.79 Å². The van der Waals surface area contributed by atoms with Crippen LogP contribution in [0.5, 0.6) is 0 Å². The summed E-state index contributed by atoms with van der Waals surface area (Å²) in [6, 6.07) is 9.94. The molecule has 0 aliphatic carbocycles. The lowest BCUT2D eigenvalue weighted by atomic mass is 10.3. The third-order valence-electron chi connectivity index (χ3n) is 2.88. The molecule has 3 aromatic rings. The van der Waals surface area contributed by atoms with Gasteiger partial charge < -0.3 is 9.67 Å². The number of rotatable bonds is 5. The van der Waals surface area contributed by atoms with Gasteiger partial charge in [0.15, 0.2) is 5.16 Å². The van der Waals surface area contributed by atoms with Gasteiger partial charge in [-0.25, -0.2) is 4.98 Å². The predicted octanol–water partition coefficient (Wildman–Crippen LogP) is 4.09. The van der Waals surface area contributed by atoms with Crippen LogP contribution < -0.4 is 0 Å². The molecule has 2 heterocycles. The van der Waals surface area contributed by atoms with E-state index in [1.807, 2.05) is 29.6 Å². The molecule has 3 rings (SSSR count). The Labute approximate surface area is 137 Å². The number of carboxylic acid groups (broad SMARTS) is 1. The standard InChI is InChI=1S/C14H11BrN2O2S2/c15-9-5-10(20-7-9)6-17-12-4-2-1-3-11(12)16-14(17)21-8-13(18)19/h1-5,7H,6,8H2,(H,18,19). The van der Waals surface area contributed by atoms with Gasteiger partial charge in [-0.3, -0.25) is 4.79 Å². The lowest BCUT2D eigenvalue weighted by molar-refractivity contribution is -0.133. The molecule has 1 aromatic carbocycles. The number of benzene rings is 1. The van der Waals surface area contributed by atoms with Gasteiger partial charge in [0.25, 0.3) is 0 Å². The van der Waals surface area contributed by atoms with E-state index in [1.165, 1.54) is 16.6 Å². The van der Waals surface area contributed by atoms with Crippen molar-refractivity contribution >= 4 is 56.0 Å². The first-order valence-corrected chi connectivity index (χ1v) is 8.82. The van der Waals surface area contributed by atoms with Crippen molar-refractivity contribution in [3.05, 3.63) is 45.1 Å². The van der Waals surface area contributed by atoms with E-state index in [0.29, 0.717) is 6.54 Å². The molecule has 0 spiro atoms. The first-order valence-electron chi connectivity index (χ1n) is 6.16. The van der Waals surface area contributed by atoms with Crippen LogP contribution in [0, 0.1) is 0 Å². The molecule has 0 saturated carbocycles. The molecule has 2 aromatic heterocycles. The summed E-state index contributed by atoms with van der Waals surface area (Å²) in [5.74, 6) is -0.824. The van der Waals surface area contributed by atoms with E-state index in [0.717, 1.165) is 20.7 Å². The second-order valence-electron chi connectivity index (χ2n) is 4.38. The van der Waals surface area contributed by atoms with E-state index >= 15 is 0 Å². The second kappa shape index (κ2) is 6.21. The quantitative estimate of drug-likeness (QED) is 0.675. The molecule has 1 N–H and O–H groups in total. The fourth-order valence-corrected chi connectivity index (χ4v) is 4.21. The van der Waals surface area contributed by atoms with Crippen LogP contribution in [0.2, 0.25) is 0 Å². The van der Waals surface area contributed by atoms with E-state index in [4.69, 9.17) is 5.11 Å². The molecule has 21 heavy (non-hydrogen) atoms. The fraction of sp³-hybridized carbons (Fsp3) is 0.143. The number of imidazole rings is 1. The number of aromatic nitrogens is 2. The average Bonchev–Trinajstić information content (AvgIpc) is 3.01. The monoisotopic (exact) mass is 382 g/mol. The minimum absolute atomic E-state index is 0.0114. The number of para-hydroxylation sites is 2. The van der Waals surface area contributed by atoms with Gasteiger partial charge in [-0.1, -0.05) is 23.9 Å². The summed E-state index contributed by atoms with van der Waals surface area (Å²) in [6.07, 6.45) is 0. The minimum Gasteiger partial charge on any atom is -0.481 e. The smallest absolute Gasteiger partial charge is 0.313 e. The third kappa shape index (κ3) is 3.30.